The lowest BCUT2D eigenvalue weighted by atomic mass is 9.82. The first-order chi connectivity index (χ1) is 11.7. The van der Waals surface area contributed by atoms with E-state index in [2.05, 4.69) is 24.8 Å². The highest BCUT2D eigenvalue weighted by Crippen LogP contribution is 2.31. The molecular formula is C22H35FN2. The van der Waals surface area contributed by atoms with Gasteiger partial charge in [-0.2, -0.15) is 5.26 Å². The lowest BCUT2D eigenvalue weighted by molar-refractivity contribution is 0.131. The van der Waals surface area contributed by atoms with Gasteiger partial charge in [-0.05, 0) is 69.3 Å². The van der Waals surface area contributed by atoms with Crippen LogP contribution >= 0.6 is 0 Å². The molecule has 1 atom stereocenters. The number of halogens is 1. The number of hydrogen-bond acceptors (Lipinski definition) is 2. The van der Waals surface area contributed by atoms with Gasteiger partial charge in [-0.3, -0.25) is 0 Å². The maximum Gasteiger partial charge on any atom is 0.130 e. The van der Waals surface area contributed by atoms with Crippen LogP contribution in [0.1, 0.15) is 77.8 Å². The minimum Gasteiger partial charge on any atom is -0.303 e. The summed E-state index contributed by atoms with van der Waals surface area (Å²) < 4.78 is 13.9. The van der Waals surface area contributed by atoms with Crippen LogP contribution in [-0.4, -0.2) is 24.5 Å². The summed E-state index contributed by atoms with van der Waals surface area (Å²) in [5, 5.41) is 9.48. The van der Waals surface area contributed by atoms with Crippen LogP contribution in [0.25, 0.3) is 0 Å². The molecule has 1 aliphatic rings. The fourth-order valence-corrected chi connectivity index (χ4v) is 3.11. The summed E-state index contributed by atoms with van der Waals surface area (Å²) in [6, 6.07) is 9.84. The van der Waals surface area contributed by atoms with Crippen molar-refractivity contribution in [3.63, 3.8) is 0 Å². The Morgan fingerprint density at radius 3 is 2.12 bits per heavy atom. The van der Waals surface area contributed by atoms with E-state index in [1.807, 2.05) is 38.1 Å². The number of likely N-dealkylation sites (tertiary alicyclic amines) is 1. The summed E-state index contributed by atoms with van der Waals surface area (Å²) >= 11 is 0. The minimum absolute atomic E-state index is 0.110. The summed E-state index contributed by atoms with van der Waals surface area (Å²) in [6.45, 7) is 15.0. The topological polar surface area (TPSA) is 27.0 Å². The van der Waals surface area contributed by atoms with Crippen molar-refractivity contribution in [2.45, 2.75) is 72.4 Å². The van der Waals surface area contributed by atoms with Gasteiger partial charge in [-0.25, -0.2) is 4.39 Å². The highest BCUT2D eigenvalue weighted by atomic mass is 19.1. The molecule has 1 aromatic carbocycles. The molecule has 0 N–H and O–H groups in total. The lowest BCUT2D eigenvalue weighted by Crippen LogP contribution is -2.38. The van der Waals surface area contributed by atoms with Crippen LogP contribution in [0.3, 0.4) is 0 Å². The van der Waals surface area contributed by atoms with Gasteiger partial charge in [0.2, 0.25) is 0 Å². The number of alkyl halides is 1. The van der Waals surface area contributed by atoms with Crippen molar-refractivity contribution < 1.29 is 4.39 Å². The third kappa shape index (κ3) is 6.78. The first kappa shape index (κ1) is 21.6. The highest BCUT2D eigenvalue weighted by molar-refractivity contribution is 5.31. The molecule has 1 aromatic rings. The fraction of sp³-hybridized carbons (Fsp3) is 0.682. The Kier molecular flexibility index (Phi) is 8.09. The van der Waals surface area contributed by atoms with Crippen molar-refractivity contribution >= 4 is 0 Å². The van der Waals surface area contributed by atoms with E-state index in [1.165, 1.54) is 12.8 Å². The number of nitriles is 1. The van der Waals surface area contributed by atoms with Gasteiger partial charge in [0.15, 0.2) is 0 Å². The molecule has 3 heteroatoms. The Bertz CT molecular complexity index is 539. The van der Waals surface area contributed by atoms with Gasteiger partial charge in [-0.15, -0.1) is 0 Å². The van der Waals surface area contributed by atoms with Crippen LogP contribution < -0.4 is 0 Å². The highest BCUT2D eigenvalue weighted by Gasteiger charge is 2.26. The molecule has 0 radical (unpaired) electrons. The van der Waals surface area contributed by atoms with Crippen LogP contribution in [-0.2, 0) is 5.67 Å². The normalized spacial score (nSPS) is 18.6. The molecule has 1 unspecified atom stereocenters. The van der Waals surface area contributed by atoms with Gasteiger partial charge in [0.05, 0.1) is 12.0 Å². The molecule has 0 saturated carbocycles. The van der Waals surface area contributed by atoms with E-state index in [0.29, 0.717) is 11.0 Å². The minimum atomic E-state index is -1.33. The number of nitrogens with zero attached hydrogens (tertiary/aromatic N) is 2. The van der Waals surface area contributed by atoms with Crippen molar-refractivity contribution in [2.75, 3.05) is 19.6 Å². The van der Waals surface area contributed by atoms with Crippen LogP contribution in [0.4, 0.5) is 4.39 Å². The van der Waals surface area contributed by atoms with Gasteiger partial charge >= 0.3 is 0 Å². The van der Waals surface area contributed by atoms with Gasteiger partial charge in [0, 0.05) is 0 Å². The third-order valence-corrected chi connectivity index (χ3v) is 5.10. The maximum absolute atomic E-state index is 13.9. The first-order valence-electron chi connectivity index (χ1n) is 9.63. The third-order valence-electron chi connectivity index (χ3n) is 5.10. The van der Waals surface area contributed by atoms with Gasteiger partial charge < -0.3 is 4.90 Å². The Balaban J connectivity index is 0.00000151. The second-order valence-electron chi connectivity index (χ2n) is 8.07. The Morgan fingerprint density at radius 2 is 1.68 bits per heavy atom. The standard InChI is InChI=1S/C20H29FN2.C2H6/c1-19(2)10-13-23(14-11-19)12-9-17(15-22)16-5-7-18(8-6-16)20(3,4)21;1-2/h5-8,17H,9-14H2,1-4H3;1-2H3. The monoisotopic (exact) mass is 346 g/mol. The summed E-state index contributed by atoms with van der Waals surface area (Å²) in [5.41, 5.74) is 0.788. The van der Waals surface area contributed by atoms with E-state index in [0.717, 1.165) is 31.6 Å². The average molecular weight is 347 g/mol. The van der Waals surface area contributed by atoms with Gasteiger partial charge in [-0.1, -0.05) is 52.0 Å². The van der Waals surface area contributed by atoms with Gasteiger partial charge in [0.1, 0.15) is 5.67 Å². The number of piperidine rings is 1. The molecule has 0 spiro atoms. The summed E-state index contributed by atoms with van der Waals surface area (Å²) in [6.07, 6.45) is 3.30. The van der Waals surface area contributed by atoms with E-state index in [-0.39, 0.29) is 5.92 Å². The van der Waals surface area contributed by atoms with Crippen LogP contribution in [0.2, 0.25) is 0 Å². The molecule has 2 rings (SSSR count). The molecule has 1 aliphatic heterocycles. The number of rotatable bonds is 5. The van der Waals surface area contributed by atoms with E-state index < -0.39 is 5.67 Å². The summed E-state index contributed by atoms with van der Waals surface area (Å²) in [7, 11) is 0. The molecular weight excluding hydrogens is 311 g/mol. The molecule has 1 fully saturated rings. The molecule has 0 aliphatic carbocycles. The Hall–Kier alpha value is -1.40. The quantitative estimate of drug-likeness (QED) is 0.650. The van der Waals surface area contributed by atoms with E-state index >= 15 is 0 Å². The zero-order valence-electron chi connectivity index (χ0n) is 16.9. The van der Waals surface area contributed by atoms with Crippen molar-refractivity contribution in [1.82, 2.24) is 4.90 Å². The predicted octanol–water partition coefficient (Wildman–Crippen LogP) is 6.04. The van der Waals surface area contributed by atoms with E-state index in [1.54, 1.807) is 13.8 Å². The molecule has 25 heavy (non-hydrogen) atoms. The van der Waals surface area contributed by atoms with Crippen LogP contribution in [0, 0.1) is 16.7 Å². The van der Waals surface area contributed by atoms with Crippen LogP contribution in [0.15, 0.2) is 24.3 Å². The molecule has 2 nitrogen and oxygen atoms in total. The molecule has 140 valence electrons. The largest absolute Gasteiger partial charge is 0.303 e. The fourth-order valence-electron chi connectivity index (χ4n) is 3.11. The molecule has 0 bridgehead atoms. The van der Waals surface area contributed by atoms with Crippen molar-refractivity contribution in [3.05, 3.63) is 35.4 Å². The molecule has 1 heterocycles. The molecule has 1 saturated heterocycles. The van der Waals surface area contributed by atoms with E-state index in [4.69, 9.17) is 0 Å². The van der Waals surface area contributed by atoms with Crippen molar-refractivity contribution in [3.8, 4) is 6.07 Å². The van der Waals surface area contributed by atoms with E-state index in [9.17, 15) is 9.65 Å². The number of hydrogen-bond donors (Lipinski definition) is 0. The first-order valence-corrected chi connectivity index (χ1v) is 9.63. The van der Waals surface area contributed by atoms with Crippen molar-refractivity contribution in [2.24, 2.45) is 5.41 Å². The molecule has 0 aromatic heterocycles. The van der Waals surface area contributed by atoms with Crippen LogP contribution in [0.5, 0.6) is 0 Å². The maximum atomic E-state index is 13.9. The predicted molar refractivity (Wildman–Crippen MR) is 104 cm³/mol. The Labute approximate surface area is 154 Å². The lowest BCUT2D eigenvalue weighted by Gasteiger charge is -2.37. The zero-order valence-corrected chi connectivity index (χ0v) is 16.9. The SMILES string of the molecule is CC.CC1(C)CCN(CCC(C#N)c2ccc(C(C)(C)F)cc2)CC1. The summed E-state index contributed by atoms with van der Waals surface area (Å²) in [4.78, 5) is 2.47. The second kappa shape index (κ2) is 9.34. The summed E-state index contributed by atoms with van der Waals surface area (Å²) in [5.74, 6) is -0.110. The average Bonchev–Trinajstić information content (AvgIpc) is 2.58. The second-order valence-corrected chi connectivity index (χ2v) is 8.07. The Morgan fingerprint density at radius 1 is 1.16 bits per heavy atom. The molecule has 0 amide bonds. The smallest absolute Gasteiger partial charge is 0.130 e. The zero-order chi connectivity index (χ0) is 19.1. The van der Waals surface area contributed by atoms with Crippen molar-refractivity contribution in [1.29, 1.82) is 5.26 Å². The van der Waals surface area contributed by atoms with Gasteiger partial charge in [0.25, 0.3) is 0 Å². The number of benzene rings is 1.